The Morgan fingerprint density at radius 3 is 2.75 bits per heavy atom. The van der Waals surface area contributed by atoms with E-state index in [9.17, 15) is 4.79 Å². The number of rotatable bonds is 6. The predicted octanol–water partition coefficient (Wildman–Crippen LogP) is 2.28. The lowest BCUT2D eigenvalue weighted by Crippen LogP contribution is -2.05. The zero-order valence-electron chi connectivity index (χ0n) is 9.39. The van der Waals surface area contributed by atoms with Crippen LogP contribution in [0.1, 0.15) is 12.0 Å². The number of ether oxygens (including phenoxy) is 2. The largest absolute Gasteiger partial charge is 0.469 e. The smallest absolute Gasteiger partial charge is 0.307 e. The summed E-state index contributed by atoms with van der Waals surface area (Å²) >= 11 is 0. The molecule has 0 N–H and O–H groups in total. The average molecular weight is 220 g/mol. The summed E-state index contributed by atoms with van der Waals surface area (Å²) < 4.78 is 9.73. The topological polar surface area (TPSA) is 35.5 Å². The van der Waals surface area contributed by atoms with Crippen LogP contribution < -0.4 is 0 Å². The first kappa shape index (κ1) is 12.5. The van der Waals surface area contributed by atoms with Crippen molar-refractivity contribution in [2.75, 3.05) is 20.3 Å². The fraction of sp³-hybridized carbons (Fsp3) is 0.308. The summed E-state index contributed by atoms with van der Waals surface area (Å²) in [5.74, 6) is -0.243. The van der Waals surface area contributed by atoms with Gasteiger partial charge in [-0.2, -0.15) is 0 Å². The minimum atomic E-state index is -0.243. The van der Waals surface area contributed by atoms with E-state index in [1.807, 2.05) is 42.5 Å². The zero-order valence-corrected chi connectivity index (χ0v) is 9.39. The van der Waals surface area contributed by atoms with E-state index in [4.69, 9.17) is 4.74 Å². The highest BCUT2D eigenvalue weighted by atomic mass is 16.5. The van der Waals surface area contributed by atoms with E-state index in [1.165, 1.54) is 7.11 Å². The Labute approximate surface area is 95.7 Å². The van der Waals surface area contributed by atoms with E-state index in [0.717, 1.165) is 5.56 Å². The molecule has 0 aliphatic rings. The van der Waals surface area contributed by atoms with Gasteiger partial charge in [0.15, 0.2) is 0 Å². The second kappa shape index (κ2) is 7.65. The molecule has 0 saturated carbocycles. The number of esters is 1. The number of carbonyl (C=O) groups is 1. The van der Waals surface area contributed by atoms with Gasteiger partial charge >= 0.3 is 5.97 Å². The van der Waals surface area contributed by atoms with Gasteiger partial charge in [-0.15, -0.1) is 0 Å². The normalized spacial score (nSPS) is 10.6. The molecule has 0 unspecified atom stereocenters. The van der Waals surface area contributed by atoms with Crippen LogP contribution in [0.2, 0.25) is 0 Å². The third-order valence-corrected chi connectivity index (χ3v) is 2.00. The zero-order chi connectivity index (χ0) is 11.6. The Kier molecular flexibility index (Phi) is 5.96. The third kappa shape index (κ3) is 5.32. The quantitative estimate of drug-likeness (QED) is 0.545. The van der Waals surface area contributed by atoms with Crippen LogP contribution in [0.25, 0.3) is 6.08 Å². The lowest BCUT2D eigenvalue weighted by molar-refractivity contribution is -0.141. The van der Waals surface area contributed by atoms with E-state index in [2.05, 4.69) is 4.74 Å². The standard InChI is InChI=1S/C13H16O3/c1-15-13(14)9-11-16-10-5-8-12-6-3-2-4-7-12/h2-8H,9-11H2,1H3/b8-5+. The van der Waals surface area contributed by atoms with Gasteiger partial charge in [-0.3, -0.25) is 4.79 Å². The molecule has 16 heavy (non-hydrogen) atoms. The number of hydrogen-bond donors (Lipinski definition) is 0. The summed E-state index contributed by atoms with van der Waals surface area (Å²) in [6.07, 6.45) is 4.21. The summed E-state index contributed by atoms with van der Waals surface area (Å²) in [4.78, 5) is 10.7. The van der Waals surface area contributed by atoms with Gasteiger partial charge in [0.2, 0.25) is 0 Å². The van der Waals surface area contributed by atoms with E-state index >= 15 is 0 Å². The van der Waals surface area contributed by atoms with Gasteiger partial charge < -0.3 is 9.47 Å². The molecular weight excluding hydrogens is 204 g/mol. The second-order valence-electron chi connectivity index (χ2n) is 3.21. The van der Waals surface area contributed by atoms with Crippen LogP contribution in [0.5, 0.6) is 0 Å². The lowest BCUT2D eigenvalue weighted by atomic mass is 10.2. The number of methoxy groups -OCH3 is 1. The number of carbonyl (C=O) groups excluding carboxylic acids is 1. The first-order chi connectivity index (χ1) is 7.83. The first-order valence-electron chi connectivity index (χ1n) is 5.19. The molecule has 0 amide bonds. The molecule has 1 rings (SSSR count). The molecule has 0 fully saturated rings. The van der Waals surface area contributed by atoms with Crippen molar-refractivity contribution in [3.05, 3.63) is 42.0 Å². The molecule has 1 aromatic carbocycles. The molecule has 0 bridgehead atoms. The van der Waals surface area contributed by atoms with Crippen molar-refractivity contribution in [3.63, 3.8) is 0 Å². The SMILES string of the molecule is COC(=O)CCOC/C=C/c1ccccc1. The average Bonchev–Trinajstić information content (AvgIpc) is 2.34. The molecule has 1 aromatic rings. The summed E-state index contributed by atoms with van der Waals surface area (Å²) in [6, 6.07) is 9.98. The molecule has 0 aromatic heterocycles. The van der Waals surface area contributed by atoms with Crippen LogP contribution >= 0.6 is 0 Å². The van der Waals surface area contributed by atoms with Gasteiger partial charge in [0.25, 0.3) is 0 Å². The highest BCUT2D eigenvalue weighted by molar-refractivity contribution is 5.69. The van der Waals surface area contributed by atoms with Crippen LogP contribution in [0.15, 0.2) is 36.4 Å². The van der Waals surface area contributed by atoms with E-state index in [0.29, 0.717) is 19.6 Å². The van der Waals surface area contributed by atoms with Gasteiger partial charge in [-0.05, 0) is 5.56 Å². The van der Waals surface area contributed by atoms with Crippen molar-refractivity contribution in [3.8, 4) is 0 Å². The first-order valence-corrected chi connectivity index (χ1v) is 5.19. The maximum atomic E-state index is 10.7. The van der Waals surface area contributed by atoms with Crippen molar-refractivity contribution in [1.82, 2.24) is 0 Å². The highest BCUT2D eigenvalue weighted by Crippen LogP contribution is 2.00. The number of hydrogen-bond acceptors (Lipinski definition) is 3. The maximum absolute atomic E-state index is 10.7. The van der Waals surface area contributed by atoms with E-state index < -0.39 is 0 Å². The molecule has 0 atom stereocenters. The van der Waals surface area contributed by atoms with Crippen molar-refractivity contribution in [1.29, 1.82) is 0 Å². The van der Waals surface area contributed by atoms with Gasteiger partial charge in [0.1, 0.15) is 0 Å². The molecular formula is C13H16O3. The van der Waals surface area contributed by atoms with Crippen molar-refractivity contribution < 1.29 is 14.3 Å². The Morgan fingerprint density at radius 2 is 2.06 bits per heavy atom. The number of benzene rings is 1. The van der Waals surface area contributed by atoms with E-state index in [1.54, 1.807) is 0 Å². The monoisotopic (exact) mass is 220 g/mol. The Balaban J connectivity index is 2.12. The van der Waals surface area contributed by atoms with Gasteiger partial charge in [0, 0.05) is 0 Å². The minimum absolute atomic E-state index is 0.243. The Hall–Kier alpha value is -1.61. The molecule has 0 aliphatic carbocycles. The van der Waals surface area contributed by atoms with Crippen LogP contribution in [-0.2, 0) is 14.3 Å². The highest BCUT2D eigenvalue weighted by Gasteiger charge is 1.97. The molecule has 0 heterocycles. The lowest BCUT2D eigenvalue weighted by Gasteiger charge is -1.99. The molecule has 86 valence electrons. The summed E-state index contributed by atoms with van der Waals surface area (Å²) in [6.45, 7) is 0.900. The molecule has 0 spiro atoms. The van der Waals surface area contributed by atoms with Crippen molar-refractivity contribution in [2.24, 2.45) is 0 Å². The molecule has 0 aliphatic heterocycles. The predicted molar refractivity (Wildman–Crippen MR) is 62.9 cm³/mol. The van der Waals surface area contributed by atoms with Crippen LogP contribution in [0, 0.1) is 0 Å². The fourth-order valence-corrected chi connectivity index (χ4v) is 1.16. The second-order valence-corrected chi connectivity index (χ2v) is 3.21. The summed E-state index contributed by atoms with van der Waals surface area (Å²) in [7, 11) is 1.37. The van der Waals surface area contributed by atoms with Crippen molar-refractivity contribution in [2.45, 2.75) is 6.42 Å². The van der Waals surface area contributed by atoms with Gasteiger partial charge in [0.05, 0.1) is 26.7 Å². The Bertz CT molecular complexity index is 330. The molecule has 3 heteroatoms. The van der Waals surface area contributed by atoms with Crippen LogP contribution in [0.4, 0.5) is 0 Å². The van der Waals surface area contributed by atoms with Crippen LogP contribution in [-0.4, -0.2) is 26.3 Å². The fourth-order valence-electron chi connectivity index (χ4n) is 1.16. The van der Waals surface area contributed by atoms with Gasteiger partial charge in [-0.1, -0.05) is 42.5 Å². The van der Waals surface area contributed by atoms with Crippen LogP contribution in [0.3, 0.4) is 0 Å². The molecule has 3 nitrogen and oxygen atoms in total. The molecule has 0 radical (unpaired) electrons. The minimum Gasteiger partial charge on any atom is -0.469 e. The Morgan fingerprint density at radius 1 is 1.31 bits per heavy atom. The summed E-state index contributed by atoms with van der Waals surface area (Å²) in [5.41, 5.74) is 1.14. The molecule has 0 saturated heterocycles. The van der Waals surface area contributed by atoms with E-state index in [-0.39, 0.29) is 5.97 Å². The summed E-state index contributed by atoms with van der Waals surface area (Å²) in [5, 5.41) is 0. The van der Waals surface area contributed by atoms with Gasteiger partial charge in [-0.25, -0.2) is 0 Å². The van der Waals surface area contributed by atoms with Crippen molar-refractivity contribution >= 4 is 12.0 Å². The third-order valence-electron chi connectivity index (χ3n) is 2.00. The maximum Gasteiger partial charge on any atom is 0.307 e.